The Bertz CT molecular complexity index is 1580. The Hall–Kier alpha value is -4.01. The van der Waals surface area contributed by atoms with Gasteiger partial charge in [-0.15, -0.1) is 47.5 Å². The summed E-state index contributed by atoms with van der Waals surface area (Å²) in [5.74, 6) is 2.01. The van der Waals surface area contributed by atoms with E-state index in [4.69, 9.17) is 9.72 Å². The van der Waals surface area contributed by atoms with Crippen molar-refractivity contribution < 1.29 is 25.8 Å². The van der Waals surface area contributed by atoms with Crippen molar-refractivity contribution in [1.29, 1.82) is 0 Å². The van der Waals surface area contributed by atoms with Crippen molar-refractivity contribution in [3.63, 3.8) is 0 Å². The average Bonchev–Trinajstić information content (AvgIpc) is 3.30. The number of aromatic nitrogens is 3. The summed E-state index contributed by atoms with van der Waals surface area (Å²) in [5, 5.41) is 0. The van der Waals surface area contributed by atoms with Gasteiger partial charge in [-0.25, -0.2) is 0 Å². The number of para-hydroxylation sites is 3. The first-order chi connectivity index (χ1) is 16.8. The van der Waals surface area contributed by atoms with Crippen molar-refractivity contribution in [2.24, 2.45) is 0 Å². The number of fused-ring (bicyclic) bond motifs is 1. The molecule has 2 heterocycles. The van der Waals surface area contributed by atoms with Gasteiger partial charge in [0.15, 0.2) is 0 Å². The van der Waals surface area contributed by atoms with Crippen molar-refractivity contribution in [3.8, 4) is 39.8 Å². The Morgan fingerprint density at radius 3 is 2.09 bits per heavy atom. The van der Waals surface area contributed by atoms with E-state index in [-0.39, 0.29) is 21.1 Å². The second-order valence-electron chi connectivity index (χ2n) is 7.77. The zero-order valence-corrected chi connectivity index (χ0v) is 20.8. The molecular weight excluding hydrogens is 613 g/mol. The second-order valence-corrected chi connectivity index (χ2v) is 7.77. The summed E-state index contributed by atoms with van der Waals surface area (Å²) < 4.78 is 8.30. The number of pyridine rings is 1. The molecule has 170 valence electrons. The van der Waals surface area contributed by atoms with Crippen molar-refractivity contribution in [2.75, 3.05) is 0 Å². The van der Waals surface area contributed by atoms with Gasteiger partial charge >= 0.3 is 21.1 Å². The number of imidazole rings is 1. The molecule has 0 aliphatic rings. The average molecular weight is 633 g/mol. The fourth-order valence-corrected chi connectivity index (χ4v) is 3.98. The van der Waals surface area contributed by atoms with E-state index in [1.807, 2.05) is 91.0 Å². The summed E-state index contributed by atoms with van der Waals surface area (Å²) in [5.41, 5.74) is 5.58. The molecule has 0 amide bonds. The molecule has 0 aliphatic heterocycles. The number of hydrogen-bond acceptors (Lipinski definition) is 3. The van der Waals surface area contributed by atoms with Crippen LogP contribution >= 0.6 is 0 Å². The first-order valence-electron chi connectivity index (χ1n) is 11.0. The molecule has 0 unspecified atom stereocenters. The molecule has 0 saturated carbocycles. The molecule has 0 bridgehead atoms. The van der Waals surface area contributed by atoms with Gasteiger partial charge in [-0.1, -0.05) is 54.6 Å². The van der Waals surface area contributed by atoms with Gasteiger partial charge in [0, 0.05) is 23.4 Å². The molecule has 4 aromatic carbocycles. The molecule has 0 atom stereocenters. The standard InChI is InChI=1S/C30H19N3O.Pt/c1-2-12-24(13-3-1)33-29-18-5-4-17-28(29)32-30(33)23-11-9-15-26(21-23)34-25-14-8-10-22(20-25)27-16-6-7-19-31-27;/h1-19H;/q-2;+2. The van der Waals surface area contributed by atoms with Crippen LogP contribution in [0.3, 0.4) is 0 Å². The molecular formula is C30H19N3OPt. The van der Waals surface area contributed by atoms with Crippen LogP contribution in [-0.2, 0) is 21.1 Å². The van der Waals surface area contributed by atoms with Gasteiger partial charge in [0.05, 0.1) is 16.9 Å². The van der Waals surface area contributed by atoms with E-state index >= 15 is 0 Å². The third kappa shape index (κ3) is 4.66. The number of hydrogen-bond donors (Lipinski definition) is 0. The minimum atomic E-state index is 0. The Morgan fingerprint density at radius 2 is 1.31 bits per heavy atom. The van der Waals surface area contributed by atoms with Gasteiger partial charge < -0.3 is 14.3 Å². The first kappa shape index (κ1) is 22.8. The Morgan fingerprint density at radius 1 is 0.629 bits per heavy atom. The summed E-state index contributed by atoms with van der Waals surface area (Å²) in [7, 11) is 0. The van der Waals surface area contributed by atoms with Crippen LogP contribution < -0.4 is 4.74 Å². The number of benzene rings is 4. The summed E-state index contributed by atoms with van der Waals surface area (Å²) in [6, 6.07) is 42.5. The largest absolute Gasteiger partial charge is 2.00 e. The number of rotatable bonds is 5. The minimum absolute atomic E-state index is 0. The van der Waals surface area contributed by atoms with E-state index in [0.717, 1.165) is 39.4 Å². The van der Waals surface area contributed by atoms with Gasteiger partial charge in [-0.3, -0.25) is 4.98 Å². The monoisotopic (exact) mass is 632 g/mol. The molecule has 2 aromatic heterocycles. The Labute approximate surface area is 218 Å². The van der Waals surface area contributed by atoms with Crippen LogP contribution in [0.5, 0.6) is 11.5 Å². The SMILES string of the molecule is [Pt+2].[c-]1c(Oc2[c-]c(-c3nc4ccccc4n3-c3ccccc3)ccc2)cccc1-c1ccccn1. The summed E-state index contributed by atoms with van der Waals surface area (Å²) >= 11 is 0. The van der Waals surface area contributed by atoms with Crippen molar-refractivity contribution >= 4 is 11.0 Å². The topological polar surface area (TPSA) is 39.9 Å². The van der Waals surface area contributed by atoms with Crippen LogP contribution in [0.2, 0.25) is 0 Å². The first-order valence-corrected chi connectivity index (χ1v) is 11.0. The maximum absolute atomic E-state index is 6.15. The molecule has 4 nitrogen and oxygen atoms in total. The predicted octanol–water partition coefficient (Wildman–Crippen LogP) is 7.14. The second kappa shape index (κ2) is 10.1. The predicted molar refractivity (Wildman–Crippen MR) is 134 cm³/mol. The van der Waals surface area contributed by atoms with Crippen molar-refractivity contribution in [1.82, 2.24) is 14.5 Å². The summed E-state index contributed by atoms with van der Waals surface area (Å²) in [6.07, 6.45) is 1.77. The summed E-state index contributed by atoms with van der Waals surface area (Å²) in [6.45, 7) is 0. The number of nitrogens with zero attached hydrogens (tertiary/aromatic N) is 3. The van der Waals surface area contributed by atoms with Crippen LogP contribution in [-0.4, -0.2) is 14.5 Å². The Balaban J connectivity index is 0.00000253. The third-order valence-corrected chi connectivity index (χ3v) is 5.51. The smallest absolute Gasteiger partial charge is 0.497 e. The molecule has 0 fully saturated rings. The van der Waals surface area contributed by atoms with Gasteiger partial charge in [0.2, 0.25) is 0 Å². The fraction of sp³-hybridized carbons (Fsp3) is 0. The van der Waals surface area contributed by atoms with Crippen molar-refractivity contribution in [3.05, 3.63) is 128 Å². The molecule has 5 heteroatoms. The maximum Gasteiger partial charge on any atom is 2.00 e. The van der Waals surface area contributed by atoms with Crippen LogP contribution in [0, 0.1) is 12.1 Å². The van der Waals surface area contributed by atoms with Crippen LogP contribution in [0.4, 0.5) is 0 Å². The molecule has 0 spiro atoms. The van der Waals surface area contributed by atoms with E-state index in [1.54, 1.807) is 6.20 Å². The van der Waals surface area contributed by atoms with E-state index in [0.29, 0.717) is 11.5 Å². The molecule has 0 saturated heterocycles. The van der Waals surface area contributed by atoms with Gasteiger partial charge in [-0.05, 0) is 36.0 Å². The normalized spacial score (nSPS) is 10.6. The zero-order valence-electron chi connectivity index (χ0n) is 18.5. The van der Waals surface area contributed by atoms with E-state index < -0.39 is 0 Å². The quantitative estimate of drug-likeness (QED) is 0.190. The summed E-state index contributed by atoms with van der Waals surface area (Å²) in [4.78, 5) is 9.33. The molecule has 0 radical (unpaired) electrons. The van der Waals surface area contributed by atoms with E-state index in [1.165, 1.54) is 0 Å². The van der Waals surface area contributed by atoms with Gasteiger partial charge in [0.25, 0.3) is 0 Å². The minimum Gasteiger partial charge on any atom is -0.497 e. The molecule has 0 N–H and O–H groups in total. The third-order valence-electron chi connectivity index (χ3n) is 5.51. The van der Waals surface area contributed by atoms with Crippen LogP contribution in [0.1, 0.15) is 0 Å². The van der Waals surface area contributed by atoms with Gasteiger partial charge in [0.1, 0.15) is 0 Å². The molecule has 6 rings (SSSR count). The zero-order chi connectivity index (χ0) is 22.7. The van der Waals surface area contributed by atoms with E-state index in [9.17, 15) is 0 Å². The van der Waals surface area contributed by atoms with Crippen LogP contribution in [0.15, 0.2) is 115 Å². The maximum atomic E-state index is 6.15. The van der Waals surface area contributed by atoms with Crippen LogP contribution in [0.25, 0.3) is 39.4 Å². The molecule has 0 aliphatic carbocycles. The van der Waals surface area contributed by atoms with Crippen molar-refractivity contribution in [2.45, 2.75) is 0 Å². The Kier molecular flexibility index (Phi) is 6.56. The molecule has 6 aromatic rings. The molecule has 35 heavy (non-hydrogen) atoms. The fourth-order valence-electron chi connectivity index (χ4n) is 3.98. The number of ether oxygens (including phenoxy) is 1. The van der Waals surface area contributed by atoms with Gasteiger partial charge in [-0.2, -0.15) is 0 Å². The van der Waals surface area contributed by atoms with E-state index in [2.05, 4.69) is 39.9 Å².